The van der Waals surface area contributed by atoms with Crippen LogP contribution in [0, 0.1) is 5.41 Å². The standard InChI is InChI=1S/C36H31N3O3S/c37-34(24-13-15-25(16-14-24)36(41)42)31(35(40)38-28-9-3-1-4-10-28)23-30-18-20-33(43-30)27-17-19-32-26(22-27)8-7-21-39(32)29-11-5-2-6-12-29/h1-6,9-19,22-23,33,37H,7-8,20-21H2,(H,38,40)(H,41,42)/b31-23-,37-34?. The van der Waals surface area contributed by atoms with Crippen molar-refractivity contribution in [2.45, 2.75) is 24.5 Å². The number of hydrogen-bond donors (Lipinski definition) is 3. The second-order valence-corrected chi connectivity index (χ2v) is 11.8. The Bertz CT molecular complexity index is 1730. The highest BCUT2D eigenvalue weighted by Gasteiger charge is 2.25. The maximum Gasteiger partial charge on any atom is 0.335 e. The molecule has 0 saturated carbocycles. The van der Waals surface area contributed by atoms with E-state index in [4.69, 9.17) is 5.41 Å². The van der Waals surface area contributed by atoms with E-state index in [1.54, 1.807) is 42.1 Å². The maximum atomic E-state index is 13.5. The Balaban J connectivity index is 1.24. The molecule has 0 saturated heterocycles. The molecule has 0 bridgehead atoms. The monoisotopic (exact) mass is 585 g/mol. The number of para-hydroxylation sites is 2. The van der Waals surface area contributed by atoms with Crippen LogP contribution in [0.1, 0.15) is 45.1 Å². The number of amides is 1. The first kappa shape index (κ1) is 28.2. The van der Waals surface area contributed by atoms with Crippen LogP contribution in [0.2, 0.25) is 0 Å². The molecule has 3 N–H and O–H groups in total. The van der Waals surface area contributed by atoms with Crippen molar-refractivity contribution < 1.29 is 14.7 Å². The smallest absolute Gasteiger partial charge is 0.335 e. The molecule has 0 aromatic heterocycles. The Kier molecular flexibility index (Phi) is 8.24. The van der Waals surface area contributed by atoms with Crippen LogP contribution in [0.15, 0.2) is 126 Å². The summed E-state index contributed by atoms with van der Waals surface area (Å²) in [5, 5.41) is 21.3. The van der Waals surface area contributed by atoms with Gasteiger partial charge in [0.2, 0.25) is 0 Å². The summed E-state index contributed by atoms with van der Waals surface area (Å²) < 4.78 is 0. The maximum absolute atomic E-state index is 13.5. The van der Waals surface area contributed by atoms with Crippen LogP contribution in [0.5, 0.6) is 0 Å². The largest absolute Gasteiger partial charge is 0.478 e. The summed E-state index contributed by atoms with van der Waals surface area (Å²) in [4.78, 5) is 28.1. The molecule has 43 heavy (non-hydrogen) atoms. The number of carboxylic acids is 1. The van der Waals surface area contributed by atoms with E-state index >= 15 is 0 Å². The molecule has 4 aromatic rings. The fraction of sp³-hybridized carbons (Fsp3) is 0.139. The second-order valence-electron chi connectivity index (χ2n) is 10.6. The molecule has 1 atom stereocenters. The predicted molar refractivity (Wildman–Crippen MR) is 175 cm³/mol. The quantitative estimate of drug-likeness (QED) is 0.143. The number of thioether (sulfide) groups is 1. The lowest BCUT2D eigenvalue weighted by Gasteiger charge is -2.32. The lowest BCUT2D eigenvalue weighted by molar-refractivity contribution is -0.112. The molecule has 1 unspecified atom stereocenters. The van der Waals surface area contributed by atoms with Gasteiger partial charge in [-0.15, -0.1) is 11.8 Å². The third-order valence-corrected chi connectivity index (χ3v) is 9.03. The topological polar surface area (TPSA) is 93.5 Å². The van der Waals surface area contributed by atoms with Gasteiger partial charge >= 0.3 is 5.97 Å². The van der Waals surface area contributed by atoms with Gasteiger partial charge in [0, 0.05) is 39.3 Å². The molecule has 4 aromatic carbocycles. The number of fused-ring (bicyclic) bond motifs is 1. The number of carboxylic acid groups (broad SMARTS) is 1. The van der Waals surface area contributed by atoms with E-state index in [2.05, 4.69) is 58.8 Å². The predicted octanol–water partition coefficient (Wildman–Crippen LogP) is 8.16. The minimum atomic E-state index is -1.04. The number of carbonyl (C=O) groups excluding carboxylic acids is 1. The Morgan fingerprint density at radius 2 is 1.60 bits per heavy atom. The van der Waals surface area contributed by atoms with Crippen molar-refractivity contribution >= 4 is 46.4 Å². The number of aryl methyl sites for hydroxylation is 1. The van der Waals surface area contributed by atoms with Gasteiger partial charge in [-0.3, -0.25) is 10.2 Å². The third kappa shape index (κ3) is 6.32. The van der Waals surface area contributed by atoms with Crippen LogP contribution in [0.3, 0.4) is 0 Å². The average molecular weight is 586 g/mol. The van der Waals surface area contributed by atoms with Gasteiger partial charge < -0.3 is 15.3 Å². The fourth-order valence-electron chi connectivity index (χ4n) is 5.52. The highest BCUT2D eigenvalue weighted by molar-refractivity contribution is 8.03. The van der Waals surface area contributed by atoms with Crippen LogP contribution in [-0.2, 0) is 11.2 Å². The summed E-state index contributed by atoms with van der Waals surface area (Å²) in [7, 11) is 0. The fourth-order valence-corrected chi connectivity index (χ4v) is 6.70. The minimum absolute atomic E-state index is 0.0325. The van der Waals surface area contributed by atoms with Gasteiger partial charge in [-0.25, -0.2) is 4.79 Å². The Morgan fingerprint density at radius 1 is 0.907 bits per heavy atom. The summed E-state index contributed by atoms with van der Waals surface area (Å²) >= 11 is 1.70. The van der Waals surface area contributed by atoms with Gasteiger partial charge in [0.15, 0.2) is 0 Å². The summed E-state index contributed by atoms with van der Waals surface area (Å²) in [5.74, 6) is -1.43. The molecule has 214 valence electrons. The van der Waals surface area contributed by atoms with E-state index < -0.39 is 11.9 Å². The number of benzene rings is 4. The molecule has 0 radical (unpaired) electrons. The minimum Gasteiger partial charge on any atom is -0.478 e. The number of allylic oxidation sites excluding steroid dienone is 2. The van der Waals surface area contributed by atoms with Gasteiger partial charge in [-0.05, 0) is 78.9 Å². The van der Waals surface area contributed by atoms with Gasteiger partial charge in [0.05, 0.1) is 16.8 Å². The molecule has 0 spiro atoms. The highest BCUT2D eigenvalue weighted by atomic mass is 32.2. The molecule has 6 rings (SSSR count). The van der Waals surface area contributed by atoms with Gasteiger partial charge in [-0.1, -0.05) is 66.7 Å². The summed E-state index contributed by atoms with van der Waals surface area (Å²) in [5.41, 5.74) is 6.57. The lowest BCUT2D eigenvalue weighted by Crippen LogP contribution is -2.24. The van der Waals surface area contributed by atoms with Crippen molar-refractivity contribution in [2.24, 2.45) is 0 Å². The van der Waals surface area contributed by atoms with Crippen molar-refractivity contribution in [2.75, 3.05) is 16.8 Å². The van der Waals surface area contributed by atoms with Gasteiger partial charge in [0.25, 0.3) is 5.91 Å². The zero-order valence-corrected chi connectivity index (χ0v) is 24.3. The van der Waals surface area contributed by atoms with Crippen LogP contribution < -0.4 is 10.2 Å². The number of rotatable bonds is 8. The number of anilines is 3. The van der Waals surface area contributed by atoms with Crippen molar-refractivity contribution in [1.29, 1.82) is 5.41 Å². The average Bonchev–Trinajstić information content (AvgIpc) is 3.52. The third-order valence-electron chi connectivity index (χ3n) is 7.73. The van der Waals surface area contributed by atoms with Crippen LogP contribution in [0.4, 0.5) is 17.1 Å². The normalized spacial score (nSPS) is 16.3. The number of aromatic carboxylic acids is 1. The number of nitrogens with one attached hydrogen (secondary N) is 2. The molecule has 2 heterocycles. The Labute approximate surface area is 255 Å². The number of nitrogens with zero attached hydrogens (tertiary/aromatic N) is 1. The number of carbonyl (C=O) groups is 2. The van der Waals surface area contributed by atoms with Crippen molar-refractivity contribution in [3.05, 3.63) is 148 Å². The molecule has 2 aliphatic rings. The first-order chi connectivity index (χ1) is 21.0. The van der Waals surface area contributed by atoms with E-state index in [0.29, 0.717) is 11.3 Å². The van der Waals surface area contributed by atoms with E-state index in [9.17, 15) is 14.7 Å². The van der Waals surface area contributed by atoms with E-state index in [-0.39, 0.29) is 22.1 Å². The van der Waals surface area contributed by atoms with E-state index in [1.807, 2.05) is 24.3 Å². The SMILES string of the molecule is N=C(/C(=C/C1=CCC(c2ccc3c(c2)CCCN3c2ccccc2)S1)C(=O)Nc1ccccc1)c1ccc(C(=O)O)cc1. The molecular formula is C36H31N3O3S. The highest BCUT2D eigenvalue weighted by Crippen LogP contribution is 2.46. The molecule has 6 nitrogen and oxygen atoms in total. The van der Waals surface area contributed by atoms with Gasteiger partial charge in [0.1, 0.15) is 0 Å². The zero-order chi connectivity index (χ0) is 29.8. The zero-order valence-electron chi connectivity index (χ0n) is 23.5. The summed E-state index contributed by atoms with van der Waals surface area (Å²) in [6.07, 6.45) is 6.88. The van der Waals surface area contributed by atoms with Crippen LogP contribution >= 0.6 is 11.8 Å². The first-order valence-electron chi connectivity index (χ1n) is 14.3. The van der Waals surface area contributed by atoms with Crippen molar-refractivity contribution in [3.63, 3.8) is 0 Å². The molecular weight excluding hydrogens is 554 g/mol. The van der Waals surface area contributed by atoms with Crippen LogP contribution in [-0.4, -0.2) is 29.2 Å². The summed E-state index contributed by atoms with van der Waals surface area (Å²) in [6, 6.07) is 32.5. The first-order valence-corrected chi connectivity index (χ1v) is 15.2. The Hall–Kier alpha value is -4.88. The molecule has 0 aliphatic carbocycles. The second kappa shape index (κ2) is 12.5. The molecule has 2 aliphatic heterocycles. The summed E-state index contributed by atoms with van der Waals surface area (Å²) in [6.45, 7) is 1.00. The Morgan fingerprint density at radius 3 is 2.33 bits per heavy atom. The van der Waals surface area contributed by atoms with Crippen molar-refractivity contribution in [1.82, 2.24) is 0 Å². The van der Waals surface area contributed by atoms with Gasteiger partial charge in [-0.2, -0.15) is 0 Å². The molecule has 7 heteroatoms. The van der Waals surface area contributed by atoms with E-state index in [0.717, 1.165) is 30.7 Å². The molecule has 0 fully saturated rings. The number of hydrogen-bond acceptors (Lipinski definition) is 5. The van der Waals surface area contributed by atoms with E-state index in [1.165, 1.54) is 34.6 Å². The lowest BCUT2D eigenvalue weighted by atomic mass is 9.96. The van der Waals surface area contributed by atoms with Crippen molar-refractivity contribution in [3.8, 4) is 0 Å². The molecule has 1 amide bonds. The van der Waals surface area contributed by atoms with Crippen LogP contribution in [0.25, 0.3) is 0 Å².